The van der Waals surface area contributed by atoms with Gasteiger partial charge in [-0.25, -0.2) is 4.79 Å². The predicted octanol–water partition coefficient (Wildman–Crippen LogP) is 2.90. The molecular formula is C20H40IN5O2. The molecule has 0 aromatic carbocycles. The molecule has 28 heavy (non-hydrogen) atoms. The summed E-state index contributed by atoms with van der Waals surface area (Å²) >= 11 is 0. The first-order valence-electron chi connectivity index (χ1n) is 10.5. The summed E-state index contributed by atoms with van der Waals surface area (Å²) < 4.78 is 5.51. The Balaban J connectivity index is 0.00000392. The largest absolute Gasteiger partial charge is 0.444 e. The topological polar surface area (TPSA) is 69.2 Å². The summed E-state index contributed by atoms with van der Waals surface area (Å²) in [4.78, 5) is 21.0. The summed E-state index contributed by atoms with van der Waals surface area (Å²) in [5.41, 5.74) is -0.444. The molecule has 0 aromatic heterocycles. The van der Waals surface area contributed by atoms with E-state index in [1.165, 1.54) is 19.4 Å². The number of amides is 1. The van der Waals surface area contributed by atoms with Crippen molar-refractivity contribution in [1.82, 2.24) is 20.4 Å². The maximum atomic E-state index is 12.3. The number of carbonyl (C=O) groups is 1. The lowest BCUT2D eigenvalue weighted by Gasteiger charge is -2.34. The highest BCUT2D eigenvalue weighted by Crippen LogP contribution is 2.19. The van der Waals surface area contributed by atoms with Gasteiger partial charge in [-0.3, -0.25) is 9.89 Å². The molecule has 2 aliphatic rings. The normalized spacial score (nSPS) is 23.9. The van der Waals surface area contributed by atoms with Crippen molar-refractivity contribution in [1.29, 1.82) is 0 Å². The van der Waals surface area contributed by atoms with Crippen molar-refractivity contribution in [2.24, 2.45) is 10.9 Å². The molecule has 0 bridgehead atoms. The molecule has 2 fully saturated rings. The zero-order valence-electron chi connectivity index (χ0n) is 18.3. The summed E-state index contributed by atoms with van der Waals surface area (Å²) in [6.07, 6.45) is 4.48. The number of likely N-dealkylation sites (tertiary alicyclic amines) is 2. The maximum Gasteiger partial charge on any atom is 0.410 e. The smallest absolute Gasteiger partial charge is 0.410 e. The molecule has 0 aromatic rings. The van der Waals surface area contributed by atoms with E-state index >= 15 is 0 Å². The number of nitrogens with zero attached hydrogens (tertiary/aromatic N) is 3. The minimum atomic E-state index is -0.444. The highest BCUT2D eigenvalue weighted by Gasteiger charge is 2.28. The number of hydrogen-bond acceptors (Lipinski definition) is 4. The van der Waals surface area contributed by atoms with E-state index in [1.54, 1.807) is 0 Å². The van der Waals surface area contributed by atoms with Gasteiger partial charge in [0.25, 0.3) is 0 Å². The average molecular weight is 509 g/mol. The van der Waals surface area contributed by atoms with Crippen LogP contribution in [0.1, 0.15) is 53.4 Å². The number of likely N-dealkylation sites (N-methyl/N-ethyl adjacent to an activating group) is 1. The Bertz CT molecular complexity index is 509. The van der Waals surface area contributed by atoms with Gasteiger partial charge in [0, 0.05) is 39.3 Å². The maximum absolute atomic E-state index is 12.3. The van der Waals surface area contributed by atoms with E-state index in [2.05, 4.69) is 27.4 Å². The Kier molecular flexibility index (Phi) is 10.9. The second-order valence-corrected chi connectivity index (χ2v) is 8.69. The van der Waals surface area contributed by atoms with Crippen LogP contribution in [0.25, 0.3) is 0 Å². The third-order valence-electron chi connectivity index (χ3n) is 5.36. The predicted molar refractivity (Wildman–Crippen MR) is 126 cm³/mol. The minimum Gasteiger partial charge on any atom is -0.444 e. The fourth-order valence-corrected chi connectivity index (χ4v) is 3.94. The zero-order valence-corrected chi connectivity index (χ0v) is 20.6. The average Bonchev–Trinajstić information content (AvgIpc) is 3.08. The molecular weight excluding hydrogens is 469 g/mol. The van der Waals surface area contributed by atoms with Gasteiger partial charge in [-0.2, -0.15) is 0 Å². The van der Waals surface area contributed by atoms with Crippen LogP contribution in [0.5, 0.6) is 0 Å². The molecule has 7 nitrogen and oxygen atoms in total. The number of guanidine groups is 1. The lowest BCUT2D eigenvalue weighted by Crippen LogP contribution is -2.48. The van der Waals surface area contributed by atoms with E-state index in [1.807, 2.05) is 32.7 Å². The quantitative estimate of drug-likeness (QED) is 0.339. The van der Waals surface area contributed by atoms with Crippen LogP contribution in [-0.4, -0.2) is 79.8 Å². The molecule has 8 heteroatoms. The molecule has 2 saturated heterocycles. The zero-order chi connectivity index (χ0) is 19.9. The number of hydrogen-bond donors (Lipinski definition) is 2. The van der Waals surface area contributed by atoms with Crippen molar-refractivity contribution in [2.45, 2.75) is 65.0 Å². The first-order chi connectivity index (χ1) is 12.8. The van der Waals surface area contributed by atoms with Crippen LogP contribution in [0.2, 0.25) is 0 Å². The molecule has 0 saturated carbocycles. The summed E-state index contributed by atoms with van der Waals surface area (Å²) in [5.74, 6) is 1.27. The van der Waals surface area contributed by atoms with E-state index in [0.29, 0.717) is 12.0 Å². The van der Waals surface area contributed by atoms with Gasteiger partial charge >= 0.3 is 6.09 Å². The third-order valence-corrected chi connectivity index (χ3v) is 5.36. The van der Waals surface area contributed by atoms with Crippen molar-refractivity contribution in [3.05, 3.63) is 0 Å². The molecule has 2 aliphatic heterocycles. The fourth-order valence-electron chi connectivity index (χ4n) is 3.94. The van der Waals surface area contributed by atoms with Gasteiger partial charge < -0.3 is 20.3 Å². The van der Waals surface area contributed by atoms with Crippen molar-refractivity contribution in [3.8, 4) is 0 Å². The van der Waals surface area contributed by atoms with Crippen molar-refractivity contribution >= 4 is 36.0 Å². The molecule has 2 rings (SSSR count). The molecule has 2 N–H and O–H groups in total. The second-order valence-electron chi connectivity index (χ2n) is 8.69. The third kappa shape index (κ3) is 8.31. The van der Waals surface area contributed by atoms with Crippen molar-refractivity contribution < 1.29 is 9.53 Å². The number of rotatable bonds is 5. The van der Waals surface area contributed by atoms with Crippen LogP contribution < -0.4 is 10.6 Å². The molecule has 0 spiro atoms. The lowest BCUT2D eigenvalue weighted by atomic mass is 9.98. The first-order valence-corrected chi connectivity index (χ1v) is 10.5. The van der Waals surface area contributed by atoms with Gasteiger partial charge in [0.05, 0.1) is 0 Å². The first kappa shape index (κ1) is 25.3. The number of halogens is 1. The van der Waals surface area contributed by atoms with E-state index in [0.717, 1.165) is 51.5 Å². The Hall–Kier alpha value is -0.770. The van der Waals surface area contributed by atoms with Gasteiger partial charge in [-0.05, 0) is 65.5 Å². The molecule has 164 valence electrons. The van der Waals surface area contributed by atoms with Gasteiger partial charge in [0.2, 0.25) is 0 Å². The standard InChI is InChI=1S/C20H39N5O2.HI/c1-6-24-11-8-10-17(24)14-23-18(21-5)22-13-16-9-7-12-25(15-16)19(26)27-20(2,3)4;/h16-17H,6-15H2,1-5H3,(H2,21,22,23);1H. The molecule has 0 aliphatic carbocycles. The minimum absolute atomic E-state index is 0. The van der Waals surface area contributed by atoms with Crippen LogP contribution in [0.15, 0.2) is 4.99 Å². The SMILES string of the molecule is CCN1CCCC1CNC(=NC)NCC1CCCN(C(=O)OC(C)(C)C)C1.I. The summed E-state index contributed by atoms with van der Waals surface area (Å²) in [6, 6.07) is 0.603. The van der Waals surface area contributed by atoms with E-state index in [4.69, 9.17) is 4.74 Å². The second kappa shape index (κ2) is 12.0. The Morgan fingerprint density at radius 3 is 2.46 bits per heavy atom. The van der Waals surface area contributed by atoms with Crippen LogP contribution in [-0.2, 0) is 4.74 Å². The van der Waals surface area contributed by atoms with E-state index in [-0.39, 0.29) is 30.1 Å². The van der Waals surface area contributed by atoms with Crippen LogP contribution >= 0.6 is 24.0 Å². The number of aliphatic imine (C=N–C) groups is 1. The molecule has 2 unspecified atom stereocenters. The van der Waals surface area contributed by atoms with Crippen LogP contribution in [0, 0.1) is 5.92 Å². The summed E-state index contributed by atoms with van der Waals surface area (Å²) in [5, 5.41) is 6.92. The Labute approximate surface area is 188 Å². The summed E-state index contributed by atoms with van der Waals surface area (Å²) in [6.45, 7) is 13.6. The highest BCUT2D eigenvalue weighted by molar-refractivity contribution is 14.0. The lowest BCUT2D eigenvalue weighted by molar-refractivity contribution is 0.0168. The monoisotopic (exact) mass is 509 g/mol. The molecule has 0 radical (unpaired) electrons. The van der Waals surface area contributed by atoms with Crippen LogP contribution in [0.4, 0.5) is 4.79 Å². The van der Waals surface area contributed by atoms with E-state index < -0.39 is 5.60 Å². The highest BCUT2D eigenvalue weighted by atomic mass is 127. The Morgan fingerprint density at radius 2 is 1.82 bits per heavy atom. The van der Waals surface area contributed by atoms with Gasteiger partial charge in [-0.15, -0.1) is 24.0 Å². The van der Waals surface area contributed by atoms with Gasteiger partial charge in [-0.1, -0.05) is 6.92 Å². The molecule has 2 heterocycles. The Morgan fingerprint density at radius 1 is 1.14 bits per heavy atom. The van der Waals surface area contributed by atoms with Crippen molar-refractivity contribution in [2.75, 3.05) is 46.3 Å². The fraction of sp³-hybridized carbons (Fsp3) is 0.900. The number of carbonyl (C=O) groups excluding carboxylic acids is 1. The van der Waals surface area contributed by atoms with Gasteiger partial charge in [0.1, 0.15) is 5.60 Å². The van der Waals surface area contributed by atoms with E-state index in [9.17, 15) is 4.79 Å². The van der Waals surface area contributed by atoms with Crippen molar-refractivity contribution in [3.63, 3.8) is 0 Å². The number of nitrogens with one attached hydrogen (secondary N) is 2. The molecule has 1 amide bonds. The van der Waals surface area contributed by atoms with Gasteiger partial charge in [0.15, 0.2) is 5.96 Å². The number of ether oxygens (including phenoxy) is 1. The van der Waals surface area contributed by atoms with Crippen LogP contribution in [0.3, 0.4) is 0 Å². The summed E-state index contributed by atoms with van der Waals surface area (Å²) in [7, 11) is 1.81. The number of piperidine rings is 1. The molecule has 2 atom stereocenters.